The van der Waals surface area contributed by atoms with Gasteiger partial charge in [-0.1, -0.05) is 11.6 Å². The van der Waals surface area contributed by atoms with Crippen LogP contribution in [0.15, 0.2) is 18.3 Å². The molecule has 0 spiro atoms. The summed E-state index contributed by atoms with van der Waals surface area (Å²) in [5.74, 6) is 0.996. The maximum absolute atomic E-state index is 13.1. The van der Waals surface area contributed by atoms with Crippen molar-refractivity contribution in [3.63, 3.8) is 0 Å². The van der Waals surface area contributed by atoms with Crippen LogP contribution in [0.3, 0.4) is 0 Å². The molecule has 2 aromatic heterocycles. The lowest BCUT2D eigenvalue weighted by Gasteiger charge is -2.19. The molecule has 1 aliphatic carbocycles. The van der Waals surface area contributed by atoms with Gasteiger partial charge in [-0.3, -0.25) is 4.68 Å². The average Bonchev–Trinajstić information content (AvgIpc) is 2.95. The van der Waals surface area contributed by atoms with Gasteiger partial charge in [0.05, 0.1) is 17.3 Å². The molecule has 1 unspecified atom stereocenters. The number of ether oxygens (including phenoxy) is 1. The van der Waals surface area contributed by atoms with Gasteiger partial charge >= 0.3 is 6.18 Å². The lowest BCUT2D eigenvalue weighted by atomic mass is 10.1. The number of nitrogen functional groups attached to an aromatic ring is 1. The lowest BCUT2D eigenvalue weighted by Crippen LogP contribution is -2.28. The topological polar surface area (TPSA) is 69.2 Å². The number of fused-ring (bicyclic) bond motifs is 1. The molecule has 3 atom stereocenters. The lowest BCUT2D eigenvalue weighted by molar-refractivity contribution is -0.143. The minimum Gasteiger partial charge on any atom is -0.383 e. The smallest absolute Gasteiger partial charge is 0.383 e. The Morgan fingerprint density at radius 3 is 2.61 bits per heavy atom. The summed E-state index contributed by atoms with van der Waals surface area (Å²) in [4.78, 5) is 6.28. The number of piperidine rings is 1. The predicted octanol–water partition coefficient (Wildman–Crippen LogP) is 3.03. The fourth-order valence-electron chi connectivity index (χ4n) is 4.18. The van der Waals surface area contributed by atoms with E-state index in [1.807, 2.05) is 0 Å². The molecule has 152 valence electrons. The van der Waals surface area contributed by atoms with Crippen molar-refractivity contribution in [1.29, 1.82) is 0 Å². The molecular weight excluding hydrogens is 395 g/mol. The number of likely N-dealkylation sites (tertiary alicyclic amines) is 1. The van der Waals surface area contributed by atoms with Gasteiger partial charge in [0.15, 0.2) is 0 Å². The first-order valence-electron chi connectivity index (χ1n) is 9.04. The number of aromatic nitrogens is 3. The molecule has 28 heavy (non-hydrogen) atoms. The molecule has 0 bridgehead atoms. The molecule has 2 N–H and O–H groups in total. The second-order valence-corrected chi connectivity index (χ2v) is 7.83. The van der Waals surface area contributed by atoms with E-state index < -0.39 is 12.7 Å². The minimum atomic E-state index is -4.34. The normalized spacial score (nSPS) is 24.5. The van der Waals surface area contributed by atoms with E-state index in [4.69, 9.17) is 22.1 Å². The molecule has 2 aromatic rings. The van der Waals surface area contributed by atoms with E-state index >= 15 is 0 Å². The van der Waals surface area contributed by atoms with Crippen LogP contribution in [0, 0.1) is 11.8 Å². The van der Waals surface area contributed by atoms with E-state index in [0.29, 0.717) is 35.4 Å². The third-order valence-electron chi connectivity index (χ3n) is 5.53. The SMILES string of the molecule is COCCN1C[C@@H]2C(c3cc(-c4cnc(N)c(Cl)c4)nn3CC(F)(F)F)[C@@H]2C1. The molecule has 2 aliphatic rings. The van der Waals surface area contributed by atoms with Gasteiger partial charge in [-0.2, -0.15) is 18.3 Å². The highest BCUT2D eigenvalue weighted by molar-refractivity contribution is 6.33. The number of nitrogens with zero attached hydrogens (tertiary/aromatic N) is 4. The number of rotatable bonds is 6. The number of hydrogen-bond donors (Lipinski definition) is 1. The summed E-state index contributed by atoms with van der Waals surface area (Å²) in [5.41, 5.74) is 7.22. The van der Waals surface area contributed by atoms with Gasteiger partial charge in [-0.05, 0) is 24.0 Å². The number of halogens is 4. The van der Waals surface area contributed by atoms with Gasteiger partial charge in [0, 0.05) is 50.1 Å². The van der Waals surface area contributed by atoms with Gasteiger partial charge in [0.2, 0.25) is 0 Å². The minimum absolute atomic E-state index is 0.0969. The zero-order valence-corrected chi connectivity index (χ0v) is 16.0. The van der Waals surface area contributed by atoms with E-state index in [2.05, 4.69) is 15.0 Å². The second-order valence-electron chi connectivity index (χ2n) is 7.42. The molecule has 1 aliphatic heterocycles. The van der Waals surface area contributed by atoms with Crippen LogP contribution in [0.25, 0.3) is 11.3 Å². The van der Waals surface area contributed by atoms with Gasteiger partial charge in [0.25, 0.3) is 0 Å². The highest BCUT2D eigenvalue weighted by Crippen LogP contribution is 2.58. The van der Waals surface area contributed by atoms with Crippen LogP contribution in [-0.2, 0) is 11.3 Å². The van der Waals surface area contributed by atoms with Crippen molar-refractivity contribution < 1.29 is 17.9 Å². The molecule has 0 aromatic carbocycles. The maximum Gasteiger partial charge on any atom is 0.408 e. The van der Waals surface area contributed by atoms with Crippen molar-refractivity contribution in [2.45, 2.75) is 18.6 Å². The van der Waals surface area contributed by atoms with Crippen molar-refractivity contribution in [2.75, 3.05) is 39.1 Å². The summed E-state index contributed by atoms with van der Waals surface area (Å²) in [7, 11) is 1.66. The number of hydrogen-bond acceptors (Lipinski definition) is 5. The summed E-state index contributed by atoms with van der Waals surface area (Å²) < 4.78 is 45.5. The van der Waals surface area contributed by atoms with Crippen LogP contribution in [0.5, 0.6) is 0 Å². The van der Waals surface area contributed by atoms with Crippen molar-refractivity contribution in [3.8, 4) is 11.3 Å². The summed E-state index contributed by atoms with van der Waals surface area (Å²) in [5, 5.41) is 4.47. The largest absolute Gasteiger partial charge is 0.408 e. The van der Waals surface area contributed by atoms with Crippen LogP contribution < -0.4 is 5.73 Å². The van der Waals surface area contributed by atoms with Gasteiger partial charge < -0.3 is 15.4 Å². The standard InChI is InChI=1S/C18H21ClF3N5O/c1-28-3-2-26-7-11-12(8-26)16(11)15-5-14(25-27(15)9-18(20,21)22)10-4-13(19)17(23)24-6-10/h4-6,11-12,16H,2-3,7-9H2,1H3,(H2,23,24)/t11-,12+,16?. The van der Waals surface area contributed by atoms with Crippen LogP contribution in [0.2, 0.25) is 5.02 Å². The zero-order chi connectivity index (χ0) is 20.1. The first kappa shape index (κ1) is 19.5. The van der Waals surface area contributed by atoms with E-state index in [0.717, 1.165) is 24.3 Å². The Labute approximate surface area is 165 Å². The van der Waals surface area contributed by atoms with Crippen LogP contribution >= 0.6 is 11.6 Å². The first-order chi connectivity index (χ1) is 13.3. The Hall–Kier alpha value is -1.84. The Morgan fingerprint density at radius 2 is 2.00 bits per heavy atom. The third kappa shape index (κ3) is 3.83. The number of methoxy groups -OCH3 is 1. The molecule has 2 fully saturated rings. The van der Waals surface area contributed by atoms with Gasteiger partial charge in [-0.15, -0.1) is 0 Å². The van der Waals surface area contributed by atoms with Crippen molar-refractivity contribution in [1.82, 2.24) is 19.7 Å². The number of anilines is 1. The third-order valence-corrected chi connectivity index (χ3v) is 5.83. The van der Waals surface area contributed by atoms with E-state index in [1.54, 1.807) is 19.2 Å². The van der Waals surface area contributed by atoms with Gasteiger partial charge in [-0.25, -0.2) is 4.98 Å². The molecule has 3 heterocycles. The highest BCUT2D eigenvalue weighted by atomic mass is 35.5. The van der Waals surface area contributed by atoms with Crippen molar-refractivity contribution >= 4 is 17.4 Å². The zero-order valence-electron chi connectivity index (χ0n) is 15.3. The fraction of sp³-hybridized carbons (Fsp3) is 0.556. The second kappa shape index (κ2) is 7.20. The summed E-state index contributed by atoms with van der Waals surface area (Å²) in [6.07, 6.45) is -2.87. The van der Waals surface area contributed by atoms with Crippen molar-refractivity contribution in [2.24, 2.45) is 11.8 Å². The maximum atomic E-state index is 13.1. The molecule has 4 rings (SSSR count). The van der Waals surface area contributed by atoms with Crippen LogP contribution in [-0.4, -0.2) is 59.2 Å². The fourth-order valence-corrected chi connectivity index (χ4v) is 4.35. The number of nitrogens with two attached hydrogens (primary N) is 1. The van der Waals surface area contributed by atoms with E-state index in [1.165, 1.54) is 6.20 Å². The van der Waals surface area contributed by atoms with E-state index in [9.17, 15) is 13.2 Å². The summed E-state index contributed by atoms with van der Waals surface area (Å²) in [6, 6.07) is 3.31. The van der Waals surface area contributed by atoms with Crippen molar-refractivity contribution in [3.05, 3.63) is 29.0 Å². The van der Waals surface area contributed by atoms with E-state index in [-0.39, 0.29) is 16.8 Å². The van der Waals surface area contributed by atoms with Crippen LogP contribution in [0.4, 0.5) is 19.0 Å². The Balaban J connectivity index is 1.58. The monoisotopic (exact) mass is 415 g/mol. The first-order valence-corrected chi connectivity index (χ1v) is 9.42. The number of pyridine rings is 1. The average molecular weight is 416 g/mol. The predicted molar refractivity (Wildman–Crippen MR) is 99.0 cm³/mol. The molecule has 0 radical (unpaired) electrons. The highest BCUT2D eigenvalue weighted by Gasteiger charge is 2.57. The Morgan fingerprint density at radius 1 is 1.29 bits per heavy atom. The molecule has 1 saturated carbocycles. The summed E-state index contributed by atoms with van der Waals surface area (Å²) >= 11 is 6.01. The molecule has 0 amide bonds. The quantitative estimate of drug-likeness (QED) is 0.785. The number of alkyl halides is 3. The Bertz CT molecular complexity index is 859. The molecule has 6 nitrogen and oxygen atoms in total. The van der Waals surface area contributed by atoms with Gasteiger partial charge in [0.1, 0.15) is 12.4 Å². The molecule has 10 heteroatoms. The molecule has 1 saturated heterocycles. The molecular formula is C18H21ClF3N5O. The summed E-state index contributed by atoms with van der Waals surface area (Å²) in [6.45, 7) is 2.15. The Kier molecular flexibility index (Phi) is 5.01. The van der Waals surface area contributed by atoms with Crippen LogP contribution in [0.1, 0.15) is 11.6 Å².